The highest BCUT2D eigenvalue weighted by Crippen LogP contribution is 2.11. The summed E-state index contributed by atoms with van der Waals surface area (Å²) >= 11 is 0. The third-order valence-corrected chi connectivity index (χ3v) is 2.47. The molecule has 0 fully saturated rings. The summed E-state index contributed by atoms with van der Waals surface area (Å²) in [4.78, 5) is 6.23. The van der Waals surface area contributed by atoms with Crippen LogP contribution in [0.4, 0.5) is 0 Å². The molecule has 20 heavy (non-hydrogen) atoms. The van der Waals surface area contributed by atoms with Gasteiger partial charge in [-0.2, -0.15) is 0 Å². The van der Waals surface area contributed by atoms with Crippen molar-refractivity contribution in [2.75, 3.05) is 14.2 Å². The van der Waals surface area contributed by atoms with E-state index < -0.39 is 0 Å². The predicted octanol–water partition coefficient (Wildman–Crippen LogP) is 0.806. The largest absolute Gasteiger partial charge is 0.497 e. The maximum atomic E-state index is 8.93. The van der Waals surface area contributed by atoms with Crippen molar-refractivity contribution in [3.05, 3.63) is 45.4 Å². The van der Waals surface area contributed by atoms with Crippen LogP contribution in [-0.2, 0) is 0 Å². The van der Waals surface area contributed by atoms with Gasteiger partial charge in [0.15, 0.2) is 0 Å². The average molecular weight is 264 g/mol. The number of nitrogens with zero attached hydrogens (tertiary/aromatic N) is 4. The zero-order valence-electron chi connectivity index (χ0n) is 10.8. The van der Waals surface area contributed by atoms with Crippen molar-refractivity contribution in [1.82, 2.24) is 0 Å². The Labute approximate surface area is 115 Å². The van der Waals surface area contributed by atoms with Gasteiger partial charge < -0.3 is 9.47 Å². The molecule has 1 rings (SSSR count). The second-order valence-corrected chi connectivity index (χ2v) is 3.40. The predicted molar refractivity (Wildman–Crippen MR) is 70.0 cm³/mol. The van der Waals surface area contributed by atoms with E-state index in [9.17, 15) is 0 Å². The standard InChI is InChI=1S/C14H8N4O2/c1-17-11(7-15)9-5-14(20-4)10(6-13(9)19-3)12(8-16)18-2/h5-6H,3-4H3. The molecule has 0 heterocycles. The SMILES string of the molecule is [C-]#[N+]C(C#N)=c1cc(OC)c(=C(C#N)[N+]#[C-])cc1OC. The van der Waals surface area contributed by atoms with Crippen LogP contribution in [0.25, 0.3) is 21.1 Å². The van der Waals surface area contributed by atoms with Gasteiger partial charge in [-0.1, -0.05) is 0 Å². The Balaban J connectivity index is 4.06. The summed E-state index contributed by atoms with van der Waals surface area (Å²) in [5, 5.41) is 18.4. The van der Waals surface area contributed by atoms with Crippen molar-refractivity contribution >= 4 is 11.4 Å². The van der Waals surface area contributed by atoms with Crippen LogP contribution in [0.5, 0.6) is 11.5 Å². The first-order valence-electron chi connectivity index (χ1n) is 5.22. The van der Waals surface area contributed by atoms with Gasteiger partial charge >= 0.3 is 0 Å². The topological polar surface area (TPSA) is 74.8 Å². The molecule has 0 aromatic heterocycles. The van der Waals surface area contributed by atoms with Crippen molar-refractivity contribution in [2.45, 2.75) is 0 Å². The quantitative estimate of drug-likeness (QED) is 0.741. The first-order chi connectivity index (χ1) is 9.66. The van der Waals surface area contributed by atoms with Crippen LogP contribution in [0.2, 0.25) is 0 Å². The van der Waals surface area contributed by atoms with Crippen LogP contribution < -0.4 is 19.9 Å². The molecule has 0 aliphatic carbocycles. The summed E-state index contributed by atoms with van der Waals surface area (Å²) < 4.78 is 10.2. The third-order valence-electron chi connectivity index (χ3n) is 2.47. The van der Waals surface area contributed by atoms with E-state index in [1.165, 1.54) is 26.4 Å². The summed E-state index contributed by atoms with van der Waals surface area (Å²) in [6, 6.07) is 6.35. The molecule has 6 heteroatoms. The van der Waals surface area contributed by atoms with E-state index in [4.69, 9.17) is 33.1 Å². The van der Waals surface area contributed by atoms with Gasteiger partial charge in [0.2, 0.25) is 0 Å². The highest BCUT2D eigenvalue weighted by molar-refractivity contribution is 5.71. The van der Waals surface area contributed by atoms with Crippen molar-refractivity contribution < 1.29 is 9.47 Å². The van der Waals surface area contributed by atoms with Crippen LogP contribution in [-0.4, -0.2) is 14.2 Å². The van der Waals surface area contributed by atoms with E-state index in [2.05, 4.69) is 9.69 Å². The molecule has 0 aliphatic rings. The number of ether oxygens (including phenoxy) is 2. The van der Waals surface area contributed by atoms with Crippen LogP contribution >= 0.6 is 0 Å². The minimum absolute atomic E-state index is 0.159. The molecule has 0 spiro atoms. The normalized spacial score (nSPS) is 11.9. The van der Waals surface area contributed by atoms with Crippen LogP contribution in [0, 0.1) is 35.8 Å². The number of hydrogen-bond donors (Lipinski definition) is 0. The highest BCUT2D eigenvalue weighted by atomic mass is 16.5. The number of benzene rings is 1. The molecule has 0 saturated heterocycles. The lowest BCUT2D eigenvalue weighted by molar-refractivity contribution is 0.397. The van der Waals surface area contributed by atoms with E-state index in [-0.39, 0.29) is 33.3 Å². The lowest BCUT2D eigenvalue weighted by Gasteiger charge is -2.07. The lowest BCUT2D eigenvalue weighted by atomic mass is 10.1. The fourth-order valence-electron chi connectivity index (χ4n) is 1.56. The van der Waals surface area contributed by atoms with Crippen molar-refractivity contribution in [3.8, 4) is 23.6 Å². The molecule has 0 N–H and O–H groups in total. The van der Waals surface area contributed by atoms with E-state index in [1.54, 1.807) is 12.1 Å². The van der Waals surface area contributed by atoms with E-state index in [1.807, 2.05) is 0 Å². The van der Waals surface area contributed by atoms with Gasteiger partial charge in [-0.05, 0) is 12.1 Å². The highest BCUT2D eigenvalue weighted by Gasteiger charge is 2.09. The summed E-state index contributed by atoms with van der Waals surface area (Å²) in [6.07, 6.45) is 0. The minimum Gasteiger partial charge on any atom is -0.497 e. The molecular formula is C14H8N4O2. The molecule has 96 valence electrons. The smallest absolute Gasteiger partial charge is 0.272 e. The van der Waals surface area contributed by atoms with Crippen molar-refractivity contribution in [1.29, 1.82) is 10.5 Å². The molecule has 1 aromatic rings. The summed E-state index contributed by atoms with van der Waals surface area (Å²) in [7, 11) is 2.75. The van der Waals surface area contributed by atoms with Gasteiger partial charge in [0.1, 0.15) is 11.5 Å². The van der Waals surface area contributed by atoms with Gasteiger partial charge in [-0.25, -0.2) is 20.2 Å². The maximum absolute atomic E-state index is 8.93. The minimum atomic E-state index is -0.159. The Morgan fingerprint density at radius 1 is 0.950 bits per heavy atom. The monoisotopic (exact) mass is 264 g/mol. The second kappa shape index (κ2) is 6.45. The molecule has 1 aromatic carbocycles. The summed E-state index contributed by atoms with van der Waals surface area (Å²) in [5.74, 6) is 0.453. The molecular weight excluding hydrogens is 256 g/mol. The maximum Gasteiger partial charge on any atom is 0.272 e. The fourth-order valence-corrected chi connectivity index (χ4v) is 1.56. The van der Waals surface area contributed by atoms with Crippen molar-refractivity contribution in [2.24, 2.45) is 0 Å². The number of hydrogen-bond acceptors (Lipinski definition) is 4. The summed E-state index contributed by atoms with van der Waals surface area (Å²) in [6.45, 7) is 13.9. The summed E-state index contributed by atoms with van der Waals surface area (Å²) in [5.41, 5.74) is -0.318. The Kier molecular flexibility index (Phi) is 4.70. The first kappa shape index (κ1) is 14.6. The molecule has 0 saturated carbocycles. The Morgan fingerprint density at radius 3 is 1.50 bits per heavy atom. The molecule has 6 nitrogen and oxygen atoms in total. The molecule has 0 radical (unpaired) electrons. The van der Waals surface area contributed by atoms with Gasteiger partial charge in [0, 0.05) is 10.4 Å². The number of nitriles is 2. The second-order valence-electron chi connectivity index (χ2n) is 3.40. The molecule has 0 bridgehead atoms. The van der Waals surface area contributed by atoms with Crippen LogP contribution in [0.15, 0.2) is 12.1 Å². The average Bonchev–Trinajstić information content (AvgIpc) is 2.50. The van der Waals surface area contributed by atoms with Gasteiger partial charge in [-0.3, -0.25) is 0 Å². The number of methoxy groups -OCH3 is 2. The van der Waals surface area contributed by atoms with Gasteiger partial charge in [0.25, 0.3) is 11.4 Å². The Morgan fingerprint density at radius 2 is 1.30 bits per heavy atom. The van der Waals surface area contributed by atoms with Crippen LogP contribution in [0.1, 0.15) is 0 Å². The molecule has 0 amide bonds. The fraction of sp³-hybridized carbons (Fsp3) is 0.143. The lowest BCUT2D eigenvalue weighted by Crippen LogP contribution is -2.18. The van der Waals surface area contributed by atoms with Crippen LogP contribution in [0.3, 0.4) is 0 Å². The Hall–Kier alpha value is -3.48. The molecule has 0 aliphatic heterocycles. The molecule has 0 atom stereocenters. The zero-order valence-corrected chi connectivity index (χ0v) is 10.8. The van der Waals surface area contributed by atoms with E-state index in [0.717, 1.165) is 0 Å². The number of rotatable bonds is 2. The Bertz CT molecular complexity index is 723. The van der Waals surface area contributed by atoms with E-state index in [0.29, 0.717) is 0 Å². The third kappa shape index (κ3) is 2.51. The zero-order chi connectivity index (χ0) is 15.1. The van der Waals surface area contributed by atoms with Gasteiger partial charge in [0.05, 0.1) is 39.5 Å². The van der Waals surface area contributed by atoms with Crippen molar-refractivity contribution in [3.63, 3.8) is 0 Å². The van der Waals surface area contributed by atoms with E-state index >= 15 is 0 Å². The molecule has 0 unspecified atom stereocenters. The van der Waals surface area contributed by atoms with Gasteiger partial charge in [-0.15, -0.1) is 0 Å². The first-order valence-corrected chi connectivity index (χ1v) is 5.22.